The van der Waals surface area contributed by atoms with Crippen LogP contribution in [0.3, 0.4) is 0 Å². The lowest BCUT2D eigenvalue weighted by molar-refractivity contribution is -0.149. The number of aliphatic hydroxyl groups excluding tert-OH is 2. The number of anilines is 3. The second kappa shape index (κ2) is 10.1. The van der Waals surface area contributed by atoms with Crippen LogP contribution in [0, 0.1) is 0 Å². The summed E-state index contributed by atoms with van der Waals surface area (Å²) in [5, 5.41) is 30.3. The molecule has 0 radical (unpaired) electrons. The van der Waals surface area contributed by atoms with Gasteiger partial charge in [-0.1, -0.05) is 0 Å². The molecule has 12 nitrogen and oxygen atoms in total. The largest absolute Gasteiger partial charge is 0.474 e. The van der Waals surface area contributed by atoms with E-state index < -0.39 is 36.9 Å². The molecule has 0 unspecified atom stereocenters. The van der Waals surface area contributed by atoms with Crippen molar-refractivity contribution in [1.82, 2.24) is 20.5 Å². The van der Waals surface area contributed by atoms with Crippen molar-refractivity contribution in [3.05, 3.63) is 30.0 Å². The number of urea groups is 1. The molecule has 0 spiro atoms. The molecule has 1 saturated heterocycles. The highest BCUT2D eigenvalue weighted by molar-refractivity contribution is 6.05. The van der Waals surface area contributed by atoms with Crippen LogP contribution in [0.15, 0.2) is 24.3 Å². The molecule has 2 aliphatic heterocycles. The number of hydrogen-bond donors (Lipinski definition) is 4. The summed E-state index contributed by atoms with van der Waals surface area (Å²) in [5.41, 5.74) is 0.327. The SMILES string of the molecule is C[C@@H](NC(=O)c1ccc2c(n1)N(C(=O)Nc1ccc(OC[C@H](O)CO)nn1)[C@H]1CCN2C1)C(F)(F)F. The van der Waals surface area contributed by atoms with E-state index >= 15 is 0 Å². The predicted molar refractivity (Wildman–Crippen MR) is 120 cm³/mol. The van der Waals surface area contributed by atoms with E-state index in [9.17, 15) is 27.9 Å². The van der Waals surface area contributed by atoms with Gasteiger partial charge in [0.25, 0.3) is 5.91 Å². The lowest BCUT2D eigenvalue weighted by Crippen LogP contribution is -2.49. The molecule has 2 aliphatic rings. The second-order valence-corrected chi connectivity index (χ2v) is 8.37. The molecule has 36 heavy (non-hydrogen) atoms. The first kappa shape index (κ1) is 25.4. The fraction of sp³-hybridized carbons (Fsp3) is 0.476. The maximum atomic E-state index is 13.2. The summed E-state index contributed by atoms with van der Waals surface area (Å²) in [5.74, 6) is -0.700. The van der Waals surface area contributed by atoms with Gasteiger partial charge in [-0.15, -0.1) is 10.2 Å². The van der Waals surface area contributed by atoms with Gasteiger partial charge in [0.05, 0.1) is 18.3 Å². The Balaban J connectivity index is 1.51. The number of nitrogens with zero attached hydrogens (tertiary/aromatic N) is 5. The van der Waals surface area contributed by atoms with Gasteiger partial charge < -0.3 is 25.2 Å². The molecule has 1 fully saturated rings. The van der Waals surface area contributed by atoms with Crippen molar-refractivity contribution in [3.63, 3.8) is 0 Å². The Morgan fingerprint density at radius 3 is 2.69 bits per heavy atom. The summed E-state index contributed by atoms with van der Waals surface area (Å²) in [6, 6.07) is 2.78. The number of ether oxygens (including phenoxy) is 1. The summed E-state index contributed by atoms with van der Waals surface area (Å²) in [7, 11) is 0. The van der Waals surface area contributed by atoms with Gasteiger partial charge in [0.2, 0.25) is 5.88 Å². The molecule has 3 atom stereocenters. The van der Waals surface area contributed by atoms with Gasteiger partial charge in [-0.2, -0.15) is 13.2 Å². The van der Waals surface area contributed by atoms with Crippen molar-refractivity contribution in [2.24, 2.45) is 0 Å². The normalized spacial score (nSPS) is 18.3. The van der Waals surface area contributed by atoms with Crippen LogP contribution in [0.2, 0.25) is 0 Å². The average molecular weight is 511 g/mol. The van der Waals surface area contributed by atoms with Crippen molar-refractivity contribution >= 4 is 29.3 Å². The quantitative estimate of drug-likeness (QED) is 0.425. The van der Waals surface area contributed by atoms with Crippen LogP contribution in [0.25, 0.3) is 0 Å². The van der Waals surface area contributed by atoms with Crippen molar-refractivity contribution in [3.8, 4) is 5.88 Å². The van der Waals surface area contributed by atoms with Crippen LogP contribution in [0.4, 0.5) is 35.3 Å². The van der Waals surface area contributed by atoms with Gasteiger partial charge in [0.15, 0.2) is 11.6 Å². The Morgan fingerprint density at radius 1 is 1.25 bits per heavy atom. The number of aromatic nitrogens is 3. The smallest absolute Gasteiger partial charge is 0.408 e. The number of hydrogen-bond acceptors (Lipinski definition) is 9. The Hall–Kier alpha value is -3.72. The van der Waals surface area contributed by atoms with Crippen LogP contribution < -0.4 is 25.2 Å². The maximum absolute atomic E-state index is 13.2. The Kier molecular flexibility index (Phi) is 7.12. The Labute approximate surface area is 203 Å². The van der Waals surface area contributed by atoms with E-state index in [-0.39, 0.29) is 35.9 Å². The lowest BCUT2D eigenvalue weighted by Gasteiger charge is -2.35. The molecule has 4 N–H and O–H groups in total. The summed E-state index contributed by atoms with van der Waals surface area (Å²) >= 11 is 0. The third kappa shape index (κ3) is 5.41. The molecule has 194 valence electrons. The van der Waals surface area contributed by atoms with Crippen LogP contribution in [-0.2, 0) is 0 Å². The first-order valence-electron chi connectivity index (χ1n) is 11.1. The van der Waals surface area contributed by atoms with Crippen LogP contribution in [0.1, 0.15) is 23.8 Å². The molecule has 4 heterocycles. The average Bonchev–Trinajstić information content (AvgIpc) is 3.26. The predicted octanol–water partition coefficient (Wildman–Crippen LogP) is 0.915. The number of aliphatic hydroxyl groups is 2. The van der Waals surface area contributed by atoms with Gasteiger partial charge >= 0.3 is 12.2 Å². The molecule has 3 amide bonds. The Morgan fingerprint density at radius 2 is 2.03 bits per heavy atom. The summed E-state index contributed by atoms with van der Waals surface area (Å²) in [6.45, 7) is 1.34. The molecule has 2 bridgehead atoms. The minimum absolute atomic E-state index is 0.0701. The van der Waals surface area contributed by atoms with E-state index in [2.05, 4.69) is 20.5 Å². The molecular weight excluding hydrogens is 487 g/mol. The number of nitrogens with one attached hydrogen (secondary N) is 2. The van der Waals surface area contributed by atoms with E-state index in [1.165, 1.54) is 23.1 Å². The topological polar surface area (TPSA) is 153 Å². The number of rotatable bonds is 7. The number of pyridine rings is 1. The first-order chi connectivity index (χ1) is 17.1. The van der Waals surface area contributed by atoms with Crippen LogP contribution in [0.5, 0.6) is 5.88 Å². The number of fused-ring (bicyclic) bond motifs is 4. The zero-order valence-electron chi connectivity index (χ0n) is 19.1. The molecule has 0 aromatic carbocycles. The molecule has 4 rings (SSSR count). The van der Waals surface area contributed by atoms with Crippen LogP contribution in [-0.4, -0.2) is 88.0 Å². The fourth-order valence-corrected chi connectivity index (χ4v) is 3.82. The van der Waals surface area contributed by atoms with Crippen molar-refractivity contribution in [2.75, 3.05) is 41.4 Å². The van der Waals surface area contributed by atoms with Gasteiger partial charge in [-0.3, -0.25) is 15.0 Å². The van der Waals surface area contributed by atoms with Gasteiger partial charge in [-0.05, 0) is 31.5 Å². The lowest BCUT2D eigenvalue weighted by atomic mass is 10.1. The second-order valence-electron chi connectivity index (χ2n) is 8.37. The molecule has 2 aromatic heterocycles. The standard InChI is InChI=1S/C21H24F3N7O5/c1-11(21(22,23)24)25-19(34)14-2-3-15-18(26-14)31(12-6-7-30(15)8-12)20(35)27-16-4-5-17(29-28-16)36-10-13(33)9-32/h2-5,11-13,32-33H,6-10H2,1H3,(H,25,34)(H,27,28,35)/t11-,12+,13-/m1/s1. The highest BCUT2D eigenvalue weighted by atomic mass is 19.4. The van der Waals surface area contributed by atoms with E-state index in [0.29, 0.717) is 25.2 Å². The van der Waals surface area contributed by atoms with E-state index in [1.807, 2.05) is 10.2 Å². The third-order valence-corrected chi connectivity index (χ3v) is 5.75. The first-order valence-corrected chi connectivity index (χ1v) is 11.1. The molecule has 0 aliphatic carbocycles. The molecule has 0 saturated carbocycles. The number of carbonyl (C=O) groups excluding carboxylic acids is 2. The minimum atomic E-state index is -4.61. The van der Waals surface area contributed by atoms with E-state index in [0.717, 1.165) is 6.92 Å². The molecular formula is C21H24F3N7O5. The van der Waals surface area contributed by atoms with Crippen molar-refractivity contribution in [2.45, 2.75) is 37.7 Å². The zero-order chi connectivity index (χ0) is 26.0. The monoisotopic (exact) mass is 511 g/mol. The number of alkyl halides is 3. The number of halogens is 3. The summed E-state index contributed by atoms with van der Waals surface area (Å²) in [4.78, 5) is 33.2. The number of amides is 3. The van der Waals surface area contributed by atoms with Gasteiger partial charge in [0, 0.05) is 19.2 Å². The van der Waals surface area contributed by atoms with Gasteiger partial charge in [0.1, 0.15) is 24.4 Å². The van der Waals surface area contributed by atoms with Crippen molar-refractivity contribution < 1.29 is 37.7 Å². The highest BCUT2D eigenvalue weighted by Gasteiger charge is 2.41. The van der Waals surface area contributed by atoms with Crippen molar-refractivity contribution in [1.29, 1.82) is 0 Å². The van der Waals surface area contributed by atoms with E-state index in [4.69, 9.17) is 9.84 Å². The van der Waals surface area contributed by atoms with Gasteiger partial charge in [-0.25, -0.2) is 9.78 Å². The number of carbonyl (C=O) groups is 2. The summed E-state index contributed by atoms with van der Waals surface area (Å²) < 4.78 is 43.8. The fourth-order valence-electron chi connectivity index (χ4n) is 3.82. The Bertz CT molecular complexity index is 1120. The highest BCUT2D eigenvalue weighted by Crippen LogP contribution is 2.39. The van der Waals surface area contributed by atoms with Crippen LogP contribution >= 0.6 is 0 Å². The third-order valence-electron chi connectivity index (χ3n) is 5.75. The maximum Gasteiger partial charge on any atom is 0.408 e. The zero-order valence-corrected chi connectivity index (χ0v) is 19.1. The molecule has 2 aromatic rings. The minimum Gasteiger partial charge on any atom is -0.474 e. The molecule has 15 heteroatoms. The summed E-state index contributed by atoms with van der Waals surface area (Å²) in [6.07, 6.45) is -5.06. The van der Waals surface area contributed by atoms with E-state index in [1.54, 1.807) is 6.07 Å².